The van der Waals surface area contributed by atoms with Crippen LogP contribution in [0.1, 0.15) is 6.42 Å². The lowest BCUT2D eigenvalue weighted by molar-refractivity contribution is -0.125. The Morgan fingerprint density at radius 1 is 1.44 bits per heavy atom. The van der Waals surface area contributed by atoms with Crippen LogP contribution >= 0.6 is 0 Å². The molecule has 1 N–H and O–H groups in total. The summed E-state index contributed by atoms with van der Waals surface area (Å²) in [5.41, 5.74) is 2.03. The molecule has 0 saturated carbocycles. The van der Waals surface area contributed by atoms with Gasteiger partial charge in [-0.05, 0) is 12.1 Å². The third kappa shape index (κ3) is 2.22. The quantitative estimate of drug-likeness (QED) is 0.872. The number of carbonyl (C=O) groups is 1. The minimum atomic E-state index is 0.0704. The third-order valence-electron chi connectivity index (χ3n) is 3.11. The second-order valence-electron chi connectivity index (χ2n) is 4.48. The van der Waals surface area contributed by atoms with E-state index < -0.39 is 0 Å². The number of nitrogens with zero attached hydrogens (tertiary/aromatic N) is 2. The first-order chi connectivity index (χ1) is 8.83. The summed E-state index contributed by atoms with van der Waals surface area (Å²) < 4.78 is 7.02. The molecule has 2 aromatic rings. The van der Waals surface area contributed by atoms with Crippen molar-refractivity contribution in [1.82, 2.24) is 14.9 Å². The van der Waals surface area contributed by atoms with E-state index in [0.717, 1.165) is 11.0 Å². The molecule has 5 nitrogen and oxygen atoms in total. The van der Waals surface area contributed by atoms with Gasteiger partial charge >= 0.3 is 0 Å². The molecule has 2 heterocycles. The number of benzene rings is 1. The number of rotatable bonds is 4. The standard InChI is InChI=1S/C13H15N3O2/c17-13(15-10-7-18-8-10)5-6-16-9-14-11-3-1-2-4-12(11)16/h1-4,9-10H,5-8H2,(H,15,17). The summed E-state index contributed by atoms with van der Waals surface area (Å²) in [6.45, 7) is 1.93. The minimum absolute atomic E-state index is 0.0704. The molecule has 1 fully saturated rings. The van der Waals surface area contributed by atoms with Crippen LogP contribution in [0.25, 0.3) is 11.0 Å². The normalized spacial score (nSPS) is 15.6. The van der Waals surface area contributed by atoms with Crippen LogP contribution in [-0.4, -0.2) is 34.7 Å². The van der Waals surface area contributed by atoms with Crippen molar-refractivity contribution in [3.05, 3.63) is 30.6 Å². The molecular weight excluding hydrogens is 230 g/mol. The number of hydrogen-bond donors (Lipinski definition) is 1. The van der Waals surface area contributed by atoms with Crippen molar-refractivity contribution in [3.63, 3.8) is 0 Å². The average Bonchev–Trinajstić information content (AvgIpc) is 2.75. The molecule has 0 aliphatic carbocycles. The maximum atomic E-state index is 11.7. The first-order valence-electron chi connectivity index (χ1n) is 6.10. The van der Waals surface area contributed by atoms with Crippen LogP contribution in [0.5, 0.6) is 0 Å². The summed E-state index contributed by atoms with van der Waals surface area (Å²) in [7, 11) is 0. The molecule has 1 saturated heterocycles. The Bertz CT molecular complexity index is 560. The SMILES string of the molecule is O=C(CCn1cnc2ccccc21)NC1COC1. The smallest absolute Gasteiger partial charge is 0.222 e. The summed E-state index contributed by atoms with van der Waals surface area (Å²) in [4.78, 5) is 16.0. The number of para-hydroxylation sites is 2. The van der Waals surface area contributed by atoms with E-state index in [1.54, 1.807) is 6.33 Å². The second-order valence-corrected chi connectivity index (χ2v) is 4.48. The highest BCUT2D eigenvalue weighted by molar-refractivity contribution is 5.77. The Kier molecular flexibility index (Phi) is 2.98. The van der Waals surface area contributed by atoms with Crippen LogP contribution in [0.4, 0.5) is 0 Å². The van der Waals surface area contributed by atoms with Gasteiger partial charge in [0.25, 0.3) is 0 Å². The number of fused-ring (bicyclic) bond motifs is 1. The Balaban J connectivity index is 1.60. The molecule has 0 spiro atoms. The van der Waals surface area contributed by atoms with E-state index in [-0.39, 0.29) is 11.9 Å². The summed E-state index contributed by atoms with van der Waals surface area (Å²) in [5, 5.41) is 2.93. The van der Waals surface area contributed by atoms with E-state index in [9.17, 15) is 4.79 Å². The van der Waals surface area contributed by atoms with E-state index in [0.29, 0.717) is 26.2 Å². The fraction of sp³-hybridized carbons (Fsp3) is 0.385. The van der Waals surface area contributed by atoms with Gasteiger partial charge in [-0.1, -0.05) is 12.1 Å². The first kappa shape index (κ1) is 11.2. The highest BCUT2D eigenvalue weighted by Crippen LogP contribution is 2.12. The Morgan fingerprint density at radius 3 is 3.06 bits per heavy atom. The van der Waals surface area contributed by atoms with E-state index in [4.69, 9.17) is 4.74 Å². The zero-order valence-electron chi connectivity index (χ0n) is 10.0. The molecular formula is C13H15N3O2. The van der Waals surface area contributed by atoms with Crippen molar-refractivity contribution in [1.29, 1.82) is 0 Å². The lowest BCUT2D eigenvalue weighted by Gasteiger charge is -2.26. The van der Waals surface area contributed by atoms with Crippen molar-refractivity contribution in [2.24, 2.45) is 0 Å². The largest absolute Gasteiger partial charge is 0.377 e. The predicted octanol–water partition coefficient (Wildman–Crippen LogP) is 0.941. The Morgan fingerprint density at radius 2 is 2.28 bits per heavy atom. The molecule has 94 valence electrons. The maximum absolute atomic E-state index is 11.7. The molecule has 1 aliphatic heterocycles. The number of aromatic nitrogens is 2. The fourth-order valence-electron chi connectivity index (χ4n) is 2.03. The van der Waals surface area contributed by atoms with Crippen molar-refractivity contribution < 1.29 is 9.53 Å². The zero-order valence-corrected chi connectivity index (χ0v) is 10.0. The van der Waals surface area contributed by atoms with E-state index in [1.165, 1.54) is 0 Å². The van der Waals surface area contributed by atoms with Gasteiger partial charge in [-0.25, -0.2) is 4.98 Å². The molecule has 1 aliphatic rings. The summed E-state index contributed by atoms with van der Waals surface area (Å²) in [6, 6.07) is 8.13. The number of carbonyl (C=O) groups excluding carboxylic acids is 1. The van der Waals surface area contributed by atoms with E-state index in [2.05, 4.69) is 10.3 Å². The van der Waals surface area contributed by atoms with Crippen molar-refractivity contribution in [3.8, 4) is 0 Å². The number of nitrogens with one attached hydrogen (secondary N) is 1. The van der Waals surface area contributed by atoms with E-state index in [1.807, 2.05) is 28.8 Å². The Hall–Kier alpha value is -1.88. The van der Waals surface area contributed by atoms with Gasteiger partial charge in [0.05, 0.1) is 36.6 Å². The molecule has 1 aromatic heterocycles. The first-order valence-corrected chi connectivity index (χ1v) is 6.10. The highest BCUT2D eigenvalue weighted by atomic mass is 16.5. The highest BCUT2D eigenvalue weighted by Gasteiger charge is 2.19. The van der Waals surface area contributed by atoms with Gasteiger partial charge in [0.2, 0.25) is 5.91 Å². The number of amides is 1. The molecule has 1 amide bonds. The van der Waals surface area contributed by atoms with Crippen molar-refractivity contribution in [2.45, 2.75) is 19.0 Å². The van der Waals surface area contributed by atoms with Gasteiger partial charge in [0.15, 0.2) is 0 Å². The zero-order chi connectivity index (χ0) is 12.4. The van der Waals surface area contributed by atoms with Crippen LogP contribution in [0, 0.1) is 0 Å². The topological polar surface area (TPSA) is 56.2 Å². The number of imidazole rings is 1. The van der Waals surface area contributed by atoms with Crippen LogP contribution in [0.15, 0.2) is 30.6 Å². The van der Waals surface area contributed by atoms with Crippen LogP contribution < -0.4 is 5.32 Å². The lowest BCUT2D eigenvalue weighted by atomic mass is 10.2. The molecule has 0 atom stereocenters. The summed E-state index contributed by atoms with van der Waals surface area (Å²) in [5.74, 6) is 0.0704. The number of hydrogen-bond acceptors (Lipinski definition) is 3. The maximum Gasteiger partial charge on any atom is 0.222 e. The van der Waals surface area contributed by atoms with Gasteiger partial charge < -0.3 is 14.6 Å². The average molecular weight is 245 g/mol. The van der Waals surface area contributed by atoms with Crippen LogP contribution in [0.3, 0.4) is 0 Å². The molecule has 5 heteroatoms. The van der Waals surface area contributed by atoms with Gasteiger partial charge in [-0.2, -0.15) is 0 Å². The summed E-state index contributed by atoms with van der Waals surface area (Å²) in [6.07, 6.45) is 2.25. The molecule has 0 radical (unpaired) electrons. The molecule has 1 aromatic carbocycles. The van der Waals surface area contributed by atoms with Gasteiger partial charge in [-0.3, -0.25) is 4.79 Å². The molecule has 18 heavy (non-hydrogen) atoms. The van der Waals surface area contributed by atoms with Gasteiger partial charge in [0.1, 0.15) is 0 Å². The lowest BCUT2D eigenvalue weighted by Crippen LogP contribution is -2.48. The van der Waals surface area contributed by atoms with E-state index >= 15 is 0 Å². The number of ether oxygens (including phenoxy) is 1. The van der Waals surface area contributed by atoms with Crippen LogP contribution in [-0.2, 0) is 16.1 Å². The fourth-order valence-corrected chi connectivity index (χ4v) is 2.03. The third-order valence-corrected chi connectivity index (χ3v) is 3.11. The monoisotopic (exact) mass is 245 g/mol. The Labute approximate surface area is 105 Å². The van der Waals surface area contributed by atoms with Crippen molar-refractivity contribution in [2.75, 3.05) is 13.2 Å². The molecule has 3 rings (SSSR count). The predicted molar refractivity (Wildman–Crippen MR) is 67.1 cm³/mol. The molecule has 0 bridgehead atoms. The van der Waals surface area contributed by atoms with Crippen molar-refractivity contribution >= 4 is 16.9 Å². The number of aryl methyl sites for hydroxylation is 1. The summed E-state index contributed by atoms with van der Waals surface area (Å²) >= 11 is 0. The molecule has 0 unspecified atom stereocenters. The van der Waals surface area contributed by atoms with Crippen LogP contribution in [0.2, 0.25) is 0 Å². The second kappa shape index (κ2) is 4.78. The minimum Gasteiger partial charge on any atom is -0.377 e. The van der Waals surface area contributed by atoms with Gasteiger partial charge in [-0.15, -0.1) is 0 Å². The van der Waals surface area contributed by atoms with Gasteiger partial charge in [0, 0.05) is 13.0 Å².